The fraction of sp³-hybridized carbons (Fsp3) is 0.435. The normalized spacial score (nSPS) is 26.4. The van der Waals surface area contributed by atoms with Gasteiger partial charge in [-0.3, -0.25) is 9.55 Å². The van der Waals surface area contributed by atoms with Crippen LogP contribution in [0.15, 0.2) is 42.7 Å². The van der Waals surface area contributed by atoms with Crippen LogP contribution < -0.4 is 5.32 Å². The third-order valence-electron chi connectivity index (χ3n) is 6.55. The Balaban J connectivity index is 1.43. The lowest BCUT2D eigenvalue weighted by Gasteiger charge is -2.40. The van der Waals surface area contributed by atoms with E-state index >= 15 is 0 Å². The molecular formula is C23H26ClN5. The number of benzene rings is 1. The van der Waals surface area contributed by atoms with Crippen molar-refractivity contribution in [2.24, 2.45) is 5.92 Å². The van der Waals surface area contributed by atoms with E-state index in [4.69, 9.17) is 16.6 Å². The van der Waals surface area contributed by atoms with E-state index in [-0.39, 0.29) is 4.87 Å². The Morgan fingerprint density at radius 2 is 2.10 bits per heavy atom. The molecule has 3 atom stereocenters. The SMILES string of the molecule is Cc1cccc(C2CCC(Cl)(c3ccc4c(c3)CNCc3nncn3-4)CC2C)n1. The Hall–Kier alpha value is -2.24. The van der Waals surface area contributed by atoms with Crippen molar-refractivity contribution in [1.29, 1.82) is 0 Å². The molecule has 1 aliphatic carbocycles. The highest BCUT2D eigenvalue weighted by Crippen LogP contribution is 2.50. The molecule has 0 saturated heterocycles. The molecule has 2 aromatic heterocycles. The van der Waals surface area contributed by atoms with Crippen LogP contribution in [-0.2, 0) is 18.0 Å². The van der Waals surface area contributed by atoms with E-state index in [2.05, 4.69) is 70.3 Å². The molecule has 29 heavy (non-hydrogen) atoms. The summed E-state index contributed by atoms with van der Waals surface area (Å²) in [4.78, 5) is 4.46. The second-order valence-electron chi connectivity index (χ2n) is 8.56. The summed E-state index contributed by atoms with van der Waals surface area (Å²) >= 11 is 7.27. The average molecular weight is 408 g/mol. The number of hydrogen-bond acceptors (Lipinski definition) is 4. The summed E-state index contributed by atoms with van der Waals surface area (Å²) in [5.74, 6) is 1.90. The molecule has 0 radical (unpaired) electrons. The molecule has 5 nitrogen and oxygen atoms in total. The van der Waals surface area contributed by atoms with E-state index in [0.29, 0.717) is 11.8 Å². The lowest BCUT2D eigenvalue weighted by molar-refractivity contribution is 0.266. The molecule has 3 aromatic rings. The van der Waals surface area contributed by atoms with Gasteiger partial charge in [0, 0.05) is 23.9 Å². The van der Waals surface area contributed by atoms with Crippen molar-refractivity contribution in [2.45, 2.75) is 57.0 Å². The summed E-state index contributed by atoms with van der Waals surface area (Å²) in [7, 11) is 0. The number of nitrogens with zero attached hydrogens (tertiary/aromatic N) is 4. The van der Waals surface area contributed by atoms with E-state index in [9.17, 15) is 0 Å². The highest BCUT2D eigenvalue weighted by atomic mass is 35.5. The molecule has 1 aliphatic heterocycles. The number of pyridine rings is 1. The predicted octanol–water partition coefficient (Wildman–Crippen LogP) is 4.61. The molecule has 1 saturated carbocycles. The van der Waals surface area contributed by atoms with Gasteiger partial charge in [-0.25, -0.2) is 0 Å². The lowest BCUT2D eigenvalue weighted by atomic mass is 9.70. The second-order valence-corrected chi connectivity index (χ2v) is 9.28. The Labute approximate surface area is 176 Å². The smallest absolute Gasteiger partial charge is 0.151 e. The van der Waals surface area contributed by atoms with E-state index in [1.807, 2.05) is 0 Å². The van der Waals surface area contributed by atoms with Crippen molar-refractivity contribution < 1.29 is 0 Å². The maximum atomic E-state index is 7.27. The van der Waals surface area contributed by atoms with E-state index in [1.165, 1.54) is 16.8 Å². The van der Waals surface area contributed by atoms with E-state index in [1.54, 1.807) is 6.33 Å². The Bertz CT molecular complexity index is 1050. The minimum absolute atomic E-state index is 0.322. The van der Waals surface area contributed by atoms with Gasteiger partial charge in [-0.2, -0.15) is 0 Å². The fourth-order valence-corrected chi connectivity index (χ4v) is 5.50. The van der Waals surface area contributed by atoms with Crippen LogP contribution in [0.25, 0.3) is 5.69 Å². The van der Waals surface area contributed by atoms with Gasteiger partial charge in [0.1, 0.15) is 6.33 Å². The molecule has 1 aromatic carbocycles. The van der Waals surface area contributed by atoms with Crippen LogP contribution in [0.3, 0.4) is 0 Å². The summed E-state index contributed by atoms with van der Waals surface area (Å²) in [6, 6.07) is 13.0. The van der Waals surface area contributed by atoms with Gasteiger partial charge in [-0.15, -0.1) is 21.8 Å². The first-order valence-electron chi connectivity index (χ1n) is 10.4. The Morgan fingerprint density at radius 3 is 2.93 bits per heavy atom. The minimum atomic E-state index is -0.322. The second kappa shape index (κ2) is 7.22. The highest BCUT2D eigenvalue weighted by Gasteiger charge is 2.40. The summed E-state index contributed by atoms with van der Waals surface area (Å²) < 4.78 is 2.07. The summed E-state index contributed by atoms with van der Waals surface area (Å²) in [5, 5.41) is 11.7. The zero-order chi connectivity index (χ0) is 20.0. The van der Waals surface area contributed by atoms with Crippen molar-refractivity contribution in [3.05, 3.63) is 71.1 Å². The molecule has 3 unspecified atom stereocenters. The van der Waals surface area contributed by atoms with Crippen LogP contribution in [0.1, 0.15) is 60.4 Å². The highest BCUT2D eigenvalue weighted by molar-refractivity contribution is 6.24. The molecule has 1 fully saturated rings. The lowest BCUT2D eigenvalue weighted by Crippen LogP contribution is -2.31. The quantitative estimate of drug-likeness (QED) is 0.630. The molecule has 2 aliphatic rings. The van der Waals surface area contributed by atoms with Gasteiger partial charge < -0.3 is 5.32 Å². The first-order chi connectivity index (χ1) is 14.0. The monoisotopic (exact) mass is 407 g/mol. The van der Waals surface area contributed by atoms with Gasteiger partial charge in [0.05, 0.1) is 17.1 Å². The molecular weight excluding hydrogens is 382 g/mol. The zero-order valence-electron chi connectivity index (χ0n) is 16.9. The molecule has 0 amide bonds. The molecule has 3 heterocycles. The van der Waals surface area contributed by atoms with Gasteiger partial charge in [-0.05, 0) is 61.4 Å². The number of halogens is 1. The van der Waals surface area contributed by atoms with Gasteiger partial charge in [0.2, 0.25) is 0 Å². The standard InChI is InChI=1S/C23H26ClN5/c1-15-11-23(24,9-8-19(15)20-5-3-4-16(2)27-20)18-6-7-21-17(10-18)12-25-13-22-28-26-14-29(21)22/h3-7,10,14-15,19,25H,8-9,11-13H2,1-2H3. The third kappa shape index (κ3) is 3.36. The van der Waals surface area contributed by atoms with Crippen LogP contribution in [0.2, 0.25) is 0 Å². The first-order valence-corrected chi connectivity index (χ1v) is 10.8. The van der Waals surface area contributed by atoms with Crippen LogP contribution in [0, 0.1) is 12.8 Å². The van der Waals surface area contributed by atoms with Crippen LogP contribution in [0.4, 0.5) is 0 Å². The number of aromatic nitrogens is 4. The molecule has 0 spiro atoms. The molecule has 6 heteroatoms. The van der Waals surface area contributed by atoms with Crippen molar-refractivity contribution >= 4 is 11.6 Å². The van der Waals surface area contributed by atoms with Gasteiger partial charge in [0.25, 0.3) is 0 Å². The van der Waals surface area contributed by atoms with E-state index in [0.717, 1.165) is 49.6 Å². The van der Waals surface area contributed by atoms with Crippen molar-refractivity contribution in [3.63, 3.8) is 0 Å². The van der Waals surface area contributed by atoms with Crippen LogP contribution in [-0.4, -0.2) is 19.7 Å². The summed E-state index contributed by atoms with van der Waals surface area (Å²) in [5.41, 5.74) is 5.91. The molecule has 5 rings (SSSR count). The van der Waals surface area contributed by atoms with Gasteiger partial charge in [-0.1, -0.05) is 25.1 Å². The zero-order valence-corrected chi connectivity index (χ0v) is 17.7. The number of nitrogens with one attached hydrogen (secondary N) is 1. The molecule has 0 bridgehead atoms. The Morgan fingerprint density at radius 1 is 1.21 bits per heavy atom. The predicted molar refractivity (Wildman–Crippen MR) is 114 cm³/mol. The maximum absolute atomic E-state index is 7.27. The summed E-state index contributed by atoms with van der Waals surface area (Å²) in [6.45, 7) is 5.91. The average Bonchev–Trinajstić information content (AvgIpc) is 3.09. The minimum Gasteiger partial charge on any atom is -0.306 e. The number of alkyl halides is 1. The number of hydrogen-bond donors (Lipinski definition) is 1. The Kier molecular flexibility index (Phi) is 4.67. The number of fused-ring (bicyclic) bond motifs is 3. The van der Waals surface area contributed by atoms with E-state index < -0.39 is 0 Å². The van der Waals surface area contributed by atoms with Crippen molar-refractivity contribution in [1.82, 2.24) is 25.1 Å². The van der Waals surface area contributed by atoms with Gasteiger partial charge in [0.15, 0.2) is 5.82 Å². The van der Waals surface area contributed by atoms with Crippen molar-refractivity contribution in [3.8, 4) is 5.69 Å². The largest absolute Gasteiger partial charge is 0.306 e. The molecule has 150 valence electrons. The van der Waals surface area contributed by atoms with Crippen LogP contribution in [0.5, 0.6) is 0 Å². The topological polar surface area (TPSA) is 55.6 Å². The summed E-state index contributed by atoms with van der Waals surface area (Å²) in [6.07, 6.45) is 4.77. The third-order valence-corrected chi connectivity index (χ3v) is 7.11. The van der Waals surface area contributed by atoms with Gasteiger partial charge >= 0.3 is 0 Å². The number of aryl methyl sites for hydroxylation is 1. The van der Waals surface area contributed by atoms with Crippen LogP contribution >= 0.6 is 11.6 Å². The van der Waals surface area contributed by atoms with Crippen molar-refractivity contribution in [2.75, 3.05) is 0 Å². The first kappa shape index (κ1) is 18.8. The fourth-order valence-electron chi connectivity index (χ4n) is 5.03. The number of rotatable bonds is 2. The molecule has 1 N–H and O–H groups in total. The maximum Gasteiger partial charge on any atom is 0.151 e.